The van der Waals surface area contributed by atoms with E-state index in [1.54, 1.807) is 0 Å². The van der Waals surface area contributed by atoms with E-state index in [0.717, 1.165) is 0 Å². The number of hydrogen-bond donors (Lipinski definition) is 3. The number of hydrogen-bond acceptors (Lipinski definition) is 16. The first-order valence-corrected chi connectivity index (χ1v) is 17.5. The quantitative estimate of drug-likeness (QED) is 0.0781. The molecule has 1 aliphatic heterocycles. The first kappa shape index (κ1) is 55.6. The SMILES string of the molecule is C=C(C)C(=O)OCC(=O)CO.C=C(C)C(=O)OCC(=O)COC(C)C(C)C.C=C(C)C(=O)OCC1(O)COC(O)(COC(=O)C(=C)C)CO1.CC(C)C(C)Cl. The average molecular weight is 809 g/mol. The largest absolute Gasteiger partial charge is 0.457 e. The van der Waals surface area contributed by atoms with Crippen molar-refractivity contribution in [2.45, 2.75) is 92.3 Å². The molecule has 1 rings (SSSR count). The molecule has 0 radical (unpaired) electrons. The fourth-order valence-electron chi connectivity index (χ4n) is 2.39. The zero-order valence-corrected chi connectivity index (χ0v) is 34.6. The third kappa shape index (κ3) is 29.2. The van der Waals surface area contributed by atoms with Gasteiger partial charge in [-0.1, -0.05) is 54.0 Å². The number of aliphatic hydroxyl groups excluding tert-OH is 1. The molecule has 0 amide bonds. The van der Waals surface area contributed by atoms with E-state index in [9.17, 15) is 39.0 Å². The van der Waals surface area contributed by atoms with Crippen LogP contribution in [0.2, 0.25) is 0 Å². The molecule has 1 heterocycles. The number of halogens is 1. The Balaban J connectivity index is -0.000000718. The fourth-order valence-corrected chi connectivity index (χ4v) is 2.39. The van der Waals surface area contributed by atoms with E-state index < -0.39 is 74.3 Å². The minimum atomic E-state index is -1.89. The Hall–Kier alpha value is -3.77. The number of carbonyl (C=O) groups excluding carboxylic acids is 6. The summed E-state index contributed by atoms with van der Waals surface area (Å²) in [4.78, 5) is 65.7. The highest BCUT2D eigenvalue weighted by Gasteiger charge is 2.44. The standard InChI is InChI=1S/C14H20O8.C12H20O4.C7H10O4.C5H11Cl/c1-9(2)11(15)19-5-13(17)7-22-14(18,8-21-13)6-20-12(16)10(3)4;1-8(2)10(5)15-6-11(13)7-16-12(14)9(3)4;1-5(2)7(10)11-4-6(9)3-8;1-4(2)5(3)6/h17-18H,1,3,5-8H2,2,4H3;8,10H,3,6-7H2,1-2,4-5H3;8H,1,3-4H2,2H3;4-5H,1-3H3. The number of ether oxygens (including phenoxy) is 7. The maximum atomic E-state index is 11.3. The zero-order chi connectivity index (χ0) is 43.7. The molecule has 0 aromatic heterocycles. The van der Waals surface area contributed by atoms with Gasteiger partial charge in [0.2, 0.25) is 11.6 Å². The fraction of sp³-hybridized carbons (Fsp3) is 0.632. The van der Waals surface area contributed by atoms with Crippen molar-refractivity contribution in [3.05, 3.63) is 48.6 Å². The van der Waals surface area contributed by atoms with Gasteiger partial charge < -0.3 is 48.5 Å². The Labute approximate surface area is 329 Å². The summed E-state index contributed by atoms with van der Waals surface area (Å²) in [6.07, 6.45) is 0.0146. The van der Waals surface area contributed by atoms with Crippen LogP contribution in [0.5, 0.6) is 0 Å². The van der Waals surface area contributed by atoms with Crippen LogP contribution >= 0.6 is 11.6 Å². The highest BCUT2D eigenvalue weighted by Crippen LogP contribution is 2.23. The Morgan fingerprint density at radius 2 is 0.909 bits per heavy atom. The van der Waals surface area contributed by atoms with Gasteiger partial charge >= 0.3 is 23.9 Å². The van der Waals surface area contributed by atoms with E-state index in [4.69, 9.17) is 40.4 Å². The summed E-state index contributed by atoms with van der Waals surface area (Å²) in [6, 6.07) is 0. The van der Waals surface area contributed by atoms with Crippen LogP contribution in [0.4, 0.5) is 0 Å². The minimum Gasteiger partial charge on any atom is -0.457 e. The van der Waals surface area contributed by atoms with Crippen molar-refractivity contribution in [3.8, 4) is 0 Å². The molecule has 16 nitrogen and oxygen atoms in total. The summed E-state index contributed by atoms with van der Waals surface area (Å²) in [5.74, 6) is -6.14. The van der Waals surface area contributed by atoms with Crippen molar-refractivity contribution in [2.24, 2.45) is 11.8 Å². The van der Waals surface area contributed by atoms with Gasteiger partial charge in [0.25, 0.3) is 0 Å². The van der Waals surface area contributed by atoms with Gasteiger partial charge in [-0.15, -0.1) is 11.6 Å². The lowest BCUT2D eigenvalue weighted by Crippen LogP contribution is -2.57. The van der Waals surface area contributed by atoms with Crippen LogP contribution in [0.25, 0.3) is 0 Å². The molecule has 3 N–H and O–H groups in total. The molecular weight excluding hydrogens is 748 g/mol. The second-order valence-corrected chi connectivity index (χ2v) is 14.0. The molecule has 0 saturated carbocycles. The predicted molar refractivity (Wildman–Crippen MR) is 202 cm³/mol. The van der Waals surface area contributed by atoms with Crippen LogP contribution in [-0.4, -0.2) is 127 Å². The molecule has 1 aliphatic rings. The van der Waals surface area contributed by atoms with E-state index >= 15 is 0 Å². The van der Waals surface area contributed by atoms with E-state index in [-0.39, 0.29) is 54.0 Å². The lowest BCUT2D eigenvalue weighted by Gasteiger charge is -2.39. The van der Waals surface area contributed by atoms with Gasteiger partial charge in [-0.25, -0.2) is 19.2 Å². The van der Waals surface area contributed by atoms with E-state index in [1.807, 2.05) is 27.7 Å². The number of aliphatic hydroxyl groups is 3. The van der Waals surface area contributed by atoms with Crippen LogP contribution in [0.15, 0.2) is 48.6 Å². The maximum Gasteiger partial charge on any atom is 0.333 e. The van der Waals surface area contributed by atoms with Gasteiger partial charge in [0.1, 0.15) is 39.6 Å². The van der Waals surface area contributed by atoms with Gasteiger partial charge in [-0.3, -0.25) is 9.59 Å². The van der Waals surface area contributed by atoms with Crippen LogP contribution in [0.1, 0.15) is 69.2 Å². The number of rotatable bonds is 18. The maximum absolute atomic E-state index is 11.3. The minimum absolute atomic E-state index is 0.0146. The van der Waals surface area contributed by atoms with E-state index in [0.29, 0.717) is 17.2 Å². The number of esters is 4. The molecule has 1 fully saturated rings. The molecule has 4 atom stereocenters. The Bertz CT molecular complexity index is 1260. The summed E-state index contributed by atoms with van der Waals surface area (Å²) < 4.78 is 34.1. The summed E-state index contributed by atoms with van der Waals surface area (Å²) in [5.41, 5.74) is 0.854. The number of ketones is 2. The monoisotopic (exact) mass is 808 g/mol. The molecule has 1 saturated heterocycles. The molecule has 4 unspecified atom stereocenters. The van der Waals surface area contributed by atoms with Crippen molar-refractivity contribution in [3.63, 3.8) is 0 Å². The lowest BCUT2D eigenvalue weighted by molar-refractivity contribution is -0.377. The first-order chi connectivity index (χ1) is 25.1. The second-order valence-electron chi connectivity index (χ2n) is 13.3. The van der Waals surface area contributed by atoms with Crippen molar-refractivity contribution >= 4 is 47.0 Å². The summed E-state index contributed by atoms with van der Waals surface area (Å²) >= 11 is 5.61. The van der Waals surface area contributed by atoms with Gasteiger partial charge in [0, 0.05) is 27.7 Å². The third-order valence-electron chi connectivity index (χ3n) is 6.65. The topological polar surface area (TPSA) is 228 Å². The van der Waals surface area contributed by atoms with Crippen LogP contribution in [0.3, 0.4) is 0 Å². The van der Waals surface area contributed by atoms with Crippen molar-refractivity contribution in [1.29, 1.82) is 0 Å². The normalized spacial score (nSPS) is 18.2. The second kappa shape index (κ2) is 28.6. The van der Waals surface area contributed by atoms with Gasteiger partial charge in [0.15, 0.2) is 24.8 Å². The number of Topliss-reactive ketones (excluding diaryl/α,β-unsaturated/α-hetero) is 2. The summed E-state index contributed by atoms with van der Waals surface area (Å²) in [7, 11) is 0. The van der Waals surface area contributed by atoms with Crippen LogP contribution in [0, 0.1) is 11.8 Å². The molecule has 0 bridgehead atoms. The van der Waals surface area contributed by atoms with E-state index in [1.165, 1.54) is 27.7 Å². The molecule has 17 heteroatoms. The highest BCUT2D eigenvalue weighted by atomic mass is 35.5. The van der Waals surface area contributed by atoms with Crippen LogP contribution < -0.4 is 0 Å². The summed E-state index contributed by atoms with van der Waals surface area (Å²) in [5, 5.41) is 28.6. The number of alkyl halides is 1. The molecule has 0 spiro atoms. The Kier molecular flexibility index (Phi) is 28.9. The molecule has 0 aromatic rings. The molecule has 316 valence electrons. The predicted octanol–water partition coefficient (Wildman–Crippen LogP) is 3.32. The Morgan fingerprint density at radius 3 is 1.16 bits per heavy atom. The molecular formula is C38H61ClO16. The van der Waals surface area contributed by atoms with Gasteiger partial charge in [0.05, 0.1) is 6.10 Å². The third-order valence-corrected chi connectivity index (χ3v) is 7.16. The molecule has 55 heavy (non-hydrogen) atoms. The first-order valence-electron chi connectivity index (χ1n) is 17.1. The summed E-state index contributed by atoms with van der Waals surface area (Å²) in [6.45, 7) is 28.4. The van der Waals surface area contributed by atoms with Gasteiger partial charge in [-0.05, 0) is 53.4 Å². The average Bonchev–Trinajstić information content (AvgIpc) is 3.11. The number of carbonyl (C=O) groups is 6. The van der Waals surface area contributed by atoms with Crippen molar-refractivity contribution in [1.82, 2.24) is 0 Å². The molecule has 0 aliphatic carbocycles. The van der Waals surface area contributed by atoms with Gasteiger partial charge in [-0.2, -0.15) is 0 Å². The van der Waals surface area contributed by atoms with E-state index in [2.05, 4.69) is 49.6 Å². The van der Waals surface area contributed by atoms with Crippen molar-refractivity contribution < 1.29 is 77.2 Å². The molecule has 0 aromatic carbocycles. The van der Waals surface area contributed by atoms with Crippen LogP contribution in [-0.2, 0) is 61.9 Å². The zero-order valence-electron chi connectivity index (χ0n) is 33.8. The lowest BCUT2D eigenvalue weighted by atomic mass is 10.1. The Morgan fingerprint density at radius 1 is 0.600 bits per heavy atom. The smallest absolute Gasteiger partial charge is 0.333 e. The van der Waals surface area contributed by atoms with Crippen molar-refractivity contribution in [2.75, 3.05) is 52.9 Å². The highest BCUT2D eigenvalue weighted by molar-refractivity contribution is 6.20.